The number of rotatable bonds is 6. The van der Waals surface area contributed by atoms with Crippen molar-refractivity contribution in [3.63, 3.8) is 0 Å². The molecule has 2 atom stereocenters. The molecule has 2 N–H and O–H groups in total. The number of nitrogens with one attached hydrogen (secondary N) is 2. The third-order valence-corrected chi connectivity index (χ3v) is 9.13. The summed E-state index contributed by atoms with van der Waals surface area (Å²) >= 11 is 0. The van der Waals surface area contributed by atoms with E-state index in [-0.39, 0.29) is 18.9 Å². The number of anilines is 1. The molecule has 2 aliphatic carbocycles. The van der Waals surface area contributed by atoms with Gasteiger partial charge in [0.1, 0.15) is 0 Å². The van der Waals surface area contributed by atoms with E-state index in [9.17, 15) is 8.78 Å². The molecular weight excluding hydrogens is 468 g/mol. The summed E-state index contributed by atoms with van der Waals surface area (Å²) < 4.78 is 27.9. The highest BCUT2D eigenvalue weighted by Gasteiger charge is 2.37. The van der Waals surface area contributed by atoms with Crippen LogP contribution in [0.3, 0.4) is 0 Å². The highest BCUT2D eigenvalue weighted by Crippen LogP contribution is 2.39. The summed E-state index contributed by atoms with van der Waals surface area (Å²) in [6.45, 7) is 6.89. The summed E-state index contributed by atoms with van der Waals surface area (Å²) in [6, 6.07) is 11.7. The summed E-state index contributed by atoms with van der Waals surface area (Å²) in [6.07, 6.45) is 7.61. The SMILES string of the molecule is FC1(F)CCC(CN(C[C@H]2Cc3c(cccc3N3CCNCC3)CN2)[C@H]2CCCc3cccnc32)CC1. The second-order valence-corrected chi connectivity index (χ2v) is 11.6. The summed E-state index contributed by atoms with van der Waals surface area (Å²) in [5, 5.41) is 7.31. The molecule has 3 heterocycles. The van der Waals surface area contributed by atoms with Crippen molar-refractivity contribution in [2.24, 2.45) is 5.92 Å². The van der Waals surface area contributed by atoms with Crippen molar-refractivity contribution >= 4 is 5.69 Å². The number of fused-ring (bicyclic) bond motifs is 2. The first-order valence-electron chi connectivity index (χ1n) is 14.4. The van der Waals surface area contributed by atoms with E-state index in [4.69, 9.17) is 4.98 Å². The van der Waals surface area contributed by atoms with Crippen LogP contribution in [0.2, 0.25) is 0 Å². The third kappa shape index (κ3) is 5.69. The number of pyridine rings is 1. The largest absolute Gasteiger partial charge is 0.369 e. The molecule has 1 saturated carbocycles. The van der Waals surface area contributed by atoms with Crippen LogP contribution in [0.25, 0.3) is 0 Å². The average Bonchev–Trinajstić information content (AvgIpc) is 2.93. The number of nitrogens with zero attached hydrogens (tertiary/aromatic N) is 3. The Hall–Kier alpha value is -2.09. The predicted octanol–water partition coefficient (Wildman–Crippen LogP) is 4.71. The fraction of sp³-hybridized carbons (Fsp3) is 0.633. The summed E-state index contributed by atoms with van der Waals surface area (Å²) in [5.74, 6) is -2.14. The summed E-state index contributed by atoms with van der Waals surface area (Å²) in [7, 11) is 0. The molecule has 1 aromatic heterocycles. The maximum absolute atomic E-state index is 13.9. The molecule has 200 valence electrons. The van der Waals surface area contributed by atoms with Crippen LogP contribution >= 0.6 is 0 Å². The molecule has 0 bridgehead atoms. The van der Waals surface area contributed by atoms with Crippen molar-refractivity contribution in [1.29, 1.82) is 0 Å². The molecule has 5 nitrogen and oxygen atoms in total. The monoisotopic (exact) mass is 509 g/mol. The van der Waals surface area contributed by atoms with Gasteiger partial charge in [-0.15, -0.1) is 0 Å². The zero-order chi connectivity index (χ0) is 25.2. The van der Waals surface area contributed by atoms with E-state index in [2.05, 4.69) is 44.7 Å². The number of hydrogen-bond donors (Lipinski definition) is 2. The molecule has 37 heavy (non-hydrogen) atoms. The number of halogens is 2. The van der Waals surface area contributed by atoms with Gasteiger partial charge >= 0.3 is 0 Å². The Labute approximate surface area is 220 Å². The van der Waals surface area contributed by atoms with Crippen LogP contribution in [0.15, 0.2) is 36.5 Å². The van der Waals surface area contributed by atoms with E-state index in [0.717, 1.165) is 71.5 Å². The van der Waals surface area contributed by atoms with Gasteiger partial charge in [-0.3, -0.25) is 9.88 Å². The topological polar surface area (TPSA) is 43.4 Å². The van der Waals surface area contributed by atoms with Crippen LogP contribution in [-0.4, -0.2) is 61.1 Å². The summed E-state index contributed by atoms with van der Waals surface area (Å²) in [5.41, 5.74) is 6.89. The van der Waals surface area contributed by atoms with Crippen LogP contribution in [0.4, 0.5) is 14.5 Å². The Morgan fingerprint density at radius 3 is 2.65 bits per heavy atom. The average molecular weight is 510 g/mol. The number of benzene rings is 1. The third-order valence-electron chi connectivity index (χ3n) is 9.13. The second-order valence-electron chi connectivity index (χ2n) is 11.6. The maximum atomic E-state index is 13.9. The quantitative estimate of drug-likeness (QED) is 0.591. The minimum Gasteiger partial charge on any atom is -0.369 e. The second kappa shape index (κ2) is 11.0. The molecule has 2 fully saturated rings. The van der Waals surface area contributed by atoms with Crippen molar-refractivity contribution in [3.05, 3.63) is 58.9 Å². The fourth-order valence-electron chi connectivity index (χ4n) is 7.09. The molecule has 7 heteroatoms. The van der Waals surface area contributed by atoms with Crippen LogP contribution in [0.1, 0.15) is 67.0 Å². The Balaban J connectivity index is 1.23. The summed E-state index contributed by atoms with van der Waals surface area (Å²) in [4.78, 5) is 10.0. The van der Waals surface area contributed by atoms with Crippen molar-refractivity contribution in [3.8, 4) is 0 Å². The van der Waals surface area contributed by atoms with Crippen LogP contribution in [0, 0.1) is 5.92 Å². The molecule has 0 spiro atoms. The van der Waals surface area contributed by atoms with Crippen molar-refractivity contribution < 1.29 is 8.78 Å². The minimum absolute atomic E-state index is 0.0358. The molecule has 0 amide bonds. The van der Waals surface area contributed by atoms with Gasteiger partial charge in [-0.2, -0.15) is 0 Å². The highest BCUT2D eigenvalue weighted by molar-refractivity contribution is 5.58. The van der Waals surface area contributed by atoms with Crippen LogP contribution < -0.4 is 15.5 Å². The van der Waals surface area contributed by atoms with E-state index in [1.807, 2.05) is 12.3 Å². The van der Waals surface area contributed by atoms with Crippen molar-refractivity contribution in [1.82, 2.24) is 20.5 Å². The van der Waals surface area contributed by atoms with E-state index < -0.39 is 5.92 Å². The Bertz CT molecular complexity index is 1060. The van der Waals surface area contributed by atoms with Gasteiger partial charge in [0.25, 0.3) is 0 Å². The van der Waals surface area contributed by atoms with Gasteiger partial charge in [0.05, 0.1) is 11.7 Å². The normalized spacial score (nSPS) is 26.1. The number of aromatic nitrogens is 1. The van der Waals surface area contributed by atoms with E-state index in [1.165, 1.54) is 28.1 Å². The molecular formula is C30H41F2N5. The first kappa shape index (κ1) is 25.2. The van der Waals surface area contributed by atoms with Gasteiger partial charge in [-0.05, 0) is 73.3 Å². The van der Waals surface area contributed by atoms with Crippen LogP contribution in [-0.2, 0) is 19.4 Å². The molecule has 2 aliphatic heterocycles. The van der Waals surface area contributed by atoms with Gasteiger partial charge in [0.15, 0.2) is 0 Å². The minimum atomic E-state index is -2.48. The lowest BCUT2D eigenvalue weighted by Crippen LogP contribution is -2.49. The maximum Gasteiger partial charge on any atom is 0.248 e. The van der Waals surface area contributed by atoms with E-state index in [1.54, 1.807) is 0 Å². The number of piperazine rings is 1. The Morgan fingerprint density at radius 1 is 1.00 bits per heavy atom. The molecule has 0 unspecified atom stereocenters. The van der Waals surface area contributed by atoms with Gasteiger partial charge < -0.3 is 15.5 Å². The van der Waals surface area contributed by atoms with Gasteiger partial charge in [0, 0.05) is 76.6 Å². The smallest absolute Gasteiger partial charge is 0.248 e. The zero-order valence-electron chi connectivity index (χ0n) is 21.9. The zero-order valence-corrected chi connectivity index (χ0v) is 21.9. The number of hydrogen-bond acceptors (Lipinski definition) is 5. The molecule has 4 aliphatic rings. The highest BCUT2D eigenvalue weighted by atomic mass is 19.3. The van der Waals surface area contributed by atoms with Gasteiger partial charge in [-0.25, -0.2) is 8.78 Å². The number of aryl methyl sites for hydroxylation is 1. The lowest BCUT2D eigenvalue weighted by atomic mass is 9.84. The van der Waals surface area contributed by atoms with Crippen LogP contribution in [0.5, 0.6) is 0 Å². The first-order valence-corrected chi connectivity index (χ1v) is 14.4. The molecule has 6 rings (SSSR count). The number of alkyl halides is 2. The van der Waals surface area contributed by atoms with E-state index in [0.29, 0.717) is 24.8 Å². The fourth-order valence-corrected chi connectivity index (χ4v) is 7.09. The first-order chi connectivity index (χ1) is 18.1. The molecule has 1 saturated heterocycles. The Kier molecular flexibility index (Phi) is 7.46. The molecule has 0 radical (unpaired) electrons. The Morgan fingerprint density at radius 2 is 1.81 bits per heavy atom. The lowest BCUT2D eigenvalue weighted by Gasteiger charge is -2.42. The van der Waals surface area contributed by atoms with Gasteiger partial charge in [-0.1, -0.05) is 18.2 Å². The lowest BCUT2D eigenvalue weighted by molar-refractivity contribution is -0.0508. The molecule has 1 aromatic carbocycles. The molecule has 2 aromatic rings. The van der Waals surface area contributed by atoms with Crippen molar-refractivity contribution in [2.75, 3.05) is 44.2 Å². The standard InChI is InChI=1S/C30H41F2N5/c31-30(32)11-9-22(10-12-30)20-37(28-8-1-4-23-6-3-13-34-29(23)28)21-25-18-26-24(19-35-25)5-2-7-27(26)36-16-14-33-15-17-36/h2-3,5-7,13,22,25,28,33,35H,1,4,8-12,14-21H2/t25-,28+/m1/s1. The van der Waals surface area contributed by atoms with Crippen molar-refractivity contribution in [2.45, 2.75) is 75.9 Å². The van der Waals surface area contributed by atoms with E-state index >= 15 is 0 Å². The van der Waals surface area contributed by atoms with Gasteiger partial charge in [0.2, 0.25) is 5.92 Å². The predicted molar refractivity (Wildman–Crippen MR) is 144 cm³/mol.